The van der Waals surface area contributed by atoms with Crippen LogP contribution in [0.5, 0.6) is 0 Å². The molecule has 0 bridgehead atoms. The molecule has 1 N–H and O–H groups in total. The molecule has 1 amide bonds. The largest absolute Gasteiger partial charge is 0.319 e. The maximum atomic E-state index is 10.9. The van der Waals surface area contributed by atoms with Crippen LogP contribution in [-0.4, -0.2) is 12.2 Å². The number of hydrogen-bond donors (Lipinski definition) is 1. The van der Waals surface area contributed by atoms with Gasteiger partial charge in [0.25, 0.3) is 5.91 Å². The second-order valence-electron chi connectivity index (χ2n) is 3.50. The molecule has 80 valence electrons. The Bertz CT molecular complexity index is 388. The Kier molecular flexibility index (Phi) is 4.03. The van der Waals surface area contributed by atoms with E-state index in [1.54, 1.807) is 6.07 Å². The average Bonchev–Trinajstić information content (AvgIpc) is 2.20. The van der Waals surface area contributed by atoms with Crippen molar-refractivity contribution in [3.05, 3.63) is 28.2 Å². The molecule has 0 fully saturated rings. The first-order valence-electron chi connectivity index (χ1n) is 4.60. The second-order valence-corrected chi connectivity index (χ2v) is 4.36. The molecule has 0 saturated carbocycles. The standard InChI is InChI=1S/C11H12BrNO2/c1-7(2)8-3-4-10(9(12)5-8)13-11(15)6-14/h3-7H,1-2H3,(H,13,15). The lowest BCUT2D eigenvalue weighted by Crippen LogP contribution is -2.12. The summed E-state index contributed by atoms with van der Waals surface area (Å²) in [5, 5.41) is 2.47. The molecule has 4 heteroatoms. The van der Waals surface area contributed by atoms with Crippen LogP contribution in [0.2, 0.25) is 0 Å². The van der Waals surface area contributed by atoms with Gasteiger partial charge in [0.15, 0.2) is 0 Å². The van der Waals surface area contributed by atoms with Crippen LogP contribution in [-0.2, 0) is 9.59 Å². The highest BCUT2D eigenvalue weighted by molar-refractivity contribution is 9.10. The number of hydrogen-bond acceptors (Lipinski definition) is 2. The molecular weight excluding hydrogens is 258 g/mol. The van der Waals surface area contributed by atoms with E-state index in [4.69, 9.17) is 0 Å². The summed E-state index contributed by atoms with van der Waals surface area (Å²) in [5.74, 6) is -0.217. The van der Waals surface area contributed by atoms with Crippen molar-refractivity contribution in [1.29, 1.82) is 0 Å². The summed E-state index contributed by atoms with van der Waals surface area (Å²) < 4.78 is 0.781. The number of carbonyl (C=O) groups is 2. The lowest BCUT2D eigenvalue weighted by molar-refractivity contribution is -0.127. The summed E-state index contributed by atoms with van der Waals surface area (Å²) in [6, 6.07) is 5.64. The third kappa shape index (κ3) is 3.16. The predicted molar refractivity (Wildman–Crippen MR) is 62.9 cm³/mol. The number of halogens is 1. The van der Waals surface area contributed by atoms with Crippen LogP contribution in [0.4, 0.5) is 5.69 Å². The smallest absolute Gasteiger partial charge is 0.288 e. The van der Waals surface area contributed by atoms with Gasteiger partial charge in [-0.1, -0.05) is 19.9 Å². The first-order chi connectivity index (χ1) is 7.04. The van der Waals surface area contributed by atoms with Gasteiger partial charge in [-0.05, 0) is 39.5 Å². The van der Waals surface area contributed by atoms with E-state index in [0.29, 0.717) is 11.6 Å². The van der Waals surface area contributed by atoms with Crippen molar-refractivity contribution in [1.82, 2.24) is 0 Å². The van der Waals surface area contributed by atoms with E-state index in [9.17, 15) is 9.59 Å². The predicted octanol–water partition coefficient (Wildman–Crippen LogP) is 2.71. The molecule has 1 aromatic carbocycles. The fraction of sp³-hybridized carbons (Fsp3) is 0.273. The van der Waals surface area contributed by atoms with E-state index in [2.05, 4.69) is 35.1 Å². The van der Waals surface area contributed by atoms with Crippen LogP contribution in [0, 0.1) is 0 Å². The van der Waals surface area contributed by atoms with E-state index in [1.165, 1.54) is 5.56 Å². The van der Waals surface area contributed by atoms with Gasteiger partial charge in [0.1, 0.15) is 0 Å². The monoisotopic (exact) mass is 269 g/mol. The number of aldehydes is 1. The molecule has 0 aliphatic heterocycles. The summed E-state index contributed by atoms with van der Waals surface area (Å²) >= 11 is 3.34. The Labute approximate surface area is 97.0 Å². The lowest BCUT2D eigenvalue weighted by atomic mass is 10.0. The van der Waals surface area contributed by atoms with Crippen molar-refractivity contribution in [2.45, 2.75) is 19.8 Å². The van der Waals surface area contributed by atoms with Crippen LogP contribution in [0.15, 0.2) is 22.7 Å². The molecule has 0 spiro atoms. The van der Waals surface area contributed by atoms with E-state index in [1.807, 2.05) is 12.1 Å². The minimum atomic E-state index is -0.645. The molecule has 15 heavy (non-hydrogen) atoms. The van der Waals surface area contributed by atoms with Gasteiger partial charge >= 0.3 is 0 Å². The number of amides is 1. The van der Waals surface area contributed by atoms with Crippen LogP contribution in [0.1, 0.15) is 25.3 Å². The van der Waals surface area contributed by atoms with Crippen molar-refractivity contribution in [2.24, 2.45) is 0 Å². The van der Waals surface area contributed by atoms with E-state index in [-0.39, 0.29) is 6.29 Å². The molecule has 3 nitrogen and oxygen atoms in total. The molecule has 0 unspecified atom stereocenters. The fourth-order valence-electron chi connectivity index (χ4n) is 1.15. The van der Waals surface area contributed by atoms with Crippen LogP contribution >= 0.6 is 15.9 Å². The van der Waals surface area contributed by atoms with Crippen LogP contribution in [0.3, 0.4) is 0 Å². The molecule has 0 aliphatic rings. The molecule has 0 atom stereocenters. The second kappa shape index (κ2) is 5.07. The fourth-order valence-corrected chi connectivity index (χ4v) is 1.65. The summed E-state index contributed by atoms with van der Waals surface area (Å²) in [7, 11) is 0. The molecule has 1 rings (SSSR count). The van der Waals surface area contributed by atoms with Gasteiger partial charge in [-0.15, -0.1) is 0 Å². The third-order valence-electron chi connectivity index (χ3n) is 2.02. The first-order valence-corrected chi connectivity index (χ1v) is 5.39. The van der Waals surface area contributed by atoms with Gasteiger partial charge in [0.2, 0.25) is 6.29 Å². The minimum absolute atomic E-state index is 0.253. The minimum Gasteiger partial charge on any atom is -0.319 e. The van der Waals surface area contributed by atoms with Crippen molar-refractivity contribution in [3.63, 3.8) is 0 Å². The number of anilines is 1. The normalized spacial score (nSPS) is 10.1. The zero-order chi connectivity index (χ0) is 11.4. The maximum absolute atomic E-state index is 10.9. The summed E-state index contributed by atoms with van der Waals surface area (Å²) in [6.45, 7) is 4.18. The topological polar surface area (TPSA) is 46.2 Å². The van der Waals surface area contributed by atoms with Crippen molar-refractivity contribution in [3.8, 4) is 0 Å². The SMILES string of the molecule is CC(C)c1ccc(NC(=O)C=O)c(Br)c1. The molecule has 0 heterocycles. The van der Waals surface area contributed by atoms with Crippen LogP contribution < -0.4 is 5.32 Å². The molecule has 0 saturated heterocycles. The molecule has 1 aromatic rings. The highest BCUT2D eigenvalue weighted by Crippen LogP contribution is 2.26. The van der Waals surface area contributed by atoms with E-state index < -0.39 is 5.91 Å². The molecule has 0 radical (unpaired) electrons. The quantitative estimate of drug-likeness (QED) is 0.678. The molecule has 0 aliphatic carbocycles. The Balaban J connectivity index is 2.93. The van der Waals surface area contributed by atoms with Gasteiger partial charge in [-0.2, -0.15) is 0 Å². The van der Waals surface area contributed by atoms with Crippen LogP contribution in [0.25, 0.3) is 0 Å². The molecule has 0 aromatic heterocycles. The number of rotatable bonds is 3. The van der Waals surface area contributed by atoms with Gasteiger partial charge in [-0.25, -0.2) is 0 Å². The van der Waals surface area contributed by atoms with Gasteiger partial charge in [-0.3, -0.25) is 9.59 Å². The Hall–Kier alpha value is -1.16. The summed E-state index contributed by atoms with van der Waals surface area (Å²) in [6.07, 6.45) is 0.253. The maximum Gasteiger partial charge on any atom is 0.288 e. The van der Waals surface area contributed by atoms with E-state index >= 15 is 0 Å². The highest BCUT2D eigenvalue weighted by Gasteiger charge is 2.06. The first kappa shape index (κ1) is 11.9. The highest BCUT2D eigenvalue weighted by atomic mass is 79.9. The van der Waals surface area contributed by atoms with Gasteiger partial charge in [0, 0.05) is 4.47 Å². The Morgan fingerprint density at radius 2 is 2.13 bits per heavy atom. The molecular formula is C11H12BrNO2. The summed E-state index contributed by atoms with van der Waals surface area (Å²) in [4.78, 5) is 21.0. The van der Waals surface area contributed by atoms with E-state index in [0.717, 1.165) is 4.47 Å². The lowest BCUT2D eigenvalue weighted by Gasteiger charge is -2.09. The zero-order valence-electron chi connectivity index (χ0n) is 8.58. The number of nitrogens with one attached hydrogen (secondary N) is 1. The van der Waals surface area contributed by atoms with Gasteiger partial charge < -0.3 is 5.32 Å². The van der Waals surface area contributed by atoms with Gasteiger partial charge in [0.05, 0.1) is 5.69 Å². The zero-order valence-corrected chi connectivity index (χ0v) is 10.2. The Morgan fingerprint density at radius 3 is 2.60 bits per heavy atom. The summed E-state index contributed by atoms with van der Waals surface area (Å²) in [5.41, 5.74) is 1.78. The Morgan fingerprint density at radius 1 is 1.47 bits per heavy atom. The average molecular weight is 270 g/mol. The number of carbonyl (C=O) groups excluding carboxylic acids is 2. The number of benzene rings is 1. The third-order valence-corrected chi connectivity index (χ3v) is 2.68. The van der Waals surface area contributed by atoms with Crippen molar-refractivity contribution >= 4 is 33.8 Å². The van der Waals surface area contributed by atoms with Crippen molar-refractivity contribution < 1.29 is 9.59 Å². The van der Waals surface area contributed by atoms with Crippen molar-refractivity contribution in [2.75, 3.05) is 5.32 Å².